The Morgan fingerprint density at radius 2 is 1.78 bits per heavy atom. The van der Waals surface area contributed by atoms with E-state index in [1.807, 2.05) is 44.2 Å². The fourth-order valence-corrected chi connectivity index (χ4v) is 3.30. The van der Waals surface area contributed by atoms with Crippen LogP contribution in [0.3, 0.4) is 0 Å². The van der Waals surface area contributed by atoms with Gasteiger partial charge in [-0.15, -0.1) is 0 Å². The highest BCUT2D eigenvalue weighted by atomic mass is 16.4. The molecule has 100 valence electrons. The van der Waals surface area contributed by atoms with Gasteiger partial charge in [-0.25, -0.2) is 0 Å². The van der Waals surface area contributed by atoms with E-state index in [0.29, 0.717) is 18.8 Å². The van der Waals surface area contributed by atoms with Crippen LogP contribution in [-0.2, 0) is 5.60 Å². The molecular weight excluding hydrogens is 224 g/mol. The van der Waals surface area contributed by atoms with Gasteiger partial charge in [-0.1, -0.05) is 51.1 Å². The lowest BCUT2D eigenvalue weighted by molar-refractivity contribution is -0.212. The van der Waals surface area contributed by atoms with E-state index in [0.717, 1.165) is 12.0 Å². The Labute approximate surface area is 110 Å². The molecule has 2 heteroatoms. The van der Waals surface area contributed by atoms with Crippen LogP contribution in [0.25, 0.3) is 0 Å². The van der Waals surface area contributed by atoms with Crippen molar-refractivity contribution in [2.45, 2.75) is 51.2 Å². The maximum atomic E-state index is 11.2. The normalized spacial score (nSPS) is 36.9. The molecule has 2 rings (SSSR count). The topological polar surface area (TPSA) is 40.5 Å². The quantitative estimate of drug-likeness (QED) is 0.844. The van der Waals surface area contributed by atoms with E-state index < -0.39 is 11.2 Å². The summed E-state index contributed by atoms with van der Waals surface area (Å²) in [5.74, 6) is 0.476. The Hall–Kier alpha value is -0.860. The molecule has 0 bridgehead atoms. The van der Waals surface area contributed by atoms with Crippen LogP contribution in [0, 0.1) is 11.8 Å². The molecule has 3 unspecified atom stereocenters. The molecule has 2 nitrogen and oxygen atoms in total. The van der Waals surface area contributed by atoms with Gasteiger partial charge >= 0.3 is 0 Å². The van der Waals surface area contributed by atoms with Gasteiger partial charge in [0.05, 0.1) is 5.60 Å². The van der Waals surface area contributed by atoms with Crippen molar-refractivity contribution in [1.82, 2.24) is 0 Å². The zero-order valence-electron chi connectivity index (χ0n) is 11.6. The number of hydrogen-bond donors (Lipinski definition) is 2. The molecule has 1 aromatic carbocycles. The first kappa shape index (κ1) is 13.6. The van der Waals surface area contributed by atoms with E-state index in [-0.39, 0.29) is 5.92 Å². The number of benzene rings is 1. The molecule has 1 fully saturated rings. The number of hydrogen-bond acceptors (Lipinski definition) is 2. The highest BCUT2D eigenvalue weighted by Crippen LogP contribution is 2.49. The molecule has 1 aliphatic rings. The van der Waals surface area contributed by atoms with Crippen molar-refractivity contribution in [1.29, 1.82) is 0 Å². The molecule has 1 saturated carbocycles. The highest BCUT2D eigenvalue weighted by Gasteiger charge is 2.54. The summed E-state index contributed by atoms with van der Waals surface area (Å²) in [7, 11) is 0. The summed E-state index contributed by atoms with van der Waals surface area (Å²) in [6.45, 7) is 6.13. The third kappa shape index (κ3) is 1.98. The van der Waals surface area contributed by atoms with E-state index >= 15 is 0 Å². The second kappa shape index (κ2) is 4.67. The Kier molecular flexibility index (Phi) is 3.52. The van der Waals surface area contributed by atoms with Gasteiger partial charge in [-0.2, -0.15) is 0 Å². The molecule has 3 atom stereocenters. The molecule has 0 aliphatic heterocycles. The van der Waals surface area contributed by atoms with Gasteiger partial charge in [-0.3, -0.25) is 0 Å². The third-order valence-corrected chi connectivity index (χ3v) is 4.58. The summed E-state index contributed by atoms with van der Waals surface area (Å²) in [5, 5.41) is 22.1. The molecular formula is C16H24O2. The SMILES string of the molecule is CC1CCC(O)(C(C)C)C(O)(c2ccccc2)C1. The minimum atomic E-state index is -1.12. The molecule has 0 radical (unpaired) electrons. The summed E-state index contributed by atoms with van der Waals surface area (Å²) in [5.41, 5.74) is -1.31. The Balaban J connectivity index is 2.48. The molecule has 0 spiro atoms. The molecule has 18 heavy (non-hydrogen) atoms. The van der Waals surface area contributed by atoms with Gasteiger partial charge in [0, 0.05) is 0 Å². The zero-order valence-corrected chi connectivity index (χ0v) is 11.6. The first-order chi connectivity index (χ1) is 8.40. The fraction of sp³-hybridized carbons (Fsp3) is 0.625. The molecule has 1 aliphatic carbocycles. The van der Waals surface area contributed by atoms with Crippen molar-refractivity contribution in [3.63, 3.8) is 0 Å². The summed E-state index contributed by atoms with van der Waals surface area (Å²) in [4.78, 5) is 0. The van der Waals surface area contributed by atoms with Gasteiger partial charge in [0.25, 0.3) is 0 Å². The fourth-order valence-electron chi connectivity index (χ4n) is 3.30. The minimum Gasteiger partial charge on any atom is -0.386 e. The average molecular weight is 248 g/mol. The predicted octanol–water partition coefficient (Wildman–Crippen LogP) is 3.08. The molecule has 1 aromatic rings. The smallest absolute Gasteiger partial charge is 0.119 e. The van der Waals surface area contributed by atoms with E-state index in [1.165, 1.54) is 0 Å². The van der Waals surface area contributed by atoms with E-state index in [1.54, 1.807) is 0 Å². The first-order valence-corrected chi connectivity index (χ1v) is 6.90. The van der Waals surface area contributed by atoms with Gasteiger partial charge in [-0.05, 0) is 36.7 Å². The maximum Gasteiger partial charge on any atom is 0.119 e. The standard InChI is InChI=1S/C16H24O2/c1-12(2)15(17)10-9-13(3)11-16(15,18)14-7-5-4-6-8-14/h4-8,12-13,17-18H,9-11H2,1-3H3. The van der Waals surface area contributed by atoms with Crippen LogP contribution in [0.2, 0.25) is 0 Å². The lowest BCUT2D eigenvalue weighted by Gasteiger charge is -2.51. The van der Waals surface area contributed by atoms with Gasteiger partial charge in [0.1, 0.15) is 5.60 Å². The van der Waals surface area contributed by atoms with E-state index in [4.69, 9.17) is 0 Å². The molecule has 2 N–H and O–H groups in total. The summed E-state index contributed by atoms with van der Waals surface area (Å²) in [6.07, 6.45) is 2.27. The Morgan fingerprint density at radius 3 is 2.33 bits per heavy atom. The molecule has 0 saturated heterocycles. The molecule has 0 heterocycles. The van der Waals surface area contributed by atoms with Crippen molar-refractivity contribution in [3.8, 4) is 0 Å². The lowest BCUT2D eigenvalue weighted by atomic mass is 9.61. The summed E-state index contributed by atoms with van der Waals surface area (Å²) < 4.78 is 0. The monoisotopic (exact) mass is 248 g/mol. The van der Waals surface area contributed by atoms with Crippen LogP contribution in [0.5, 0.6) is 0 Å². The largest absolute Gasteiger partial charge is 0.386 e. The van der Waals surface area contributed by atoms with Gasteiger partial charge in [0.15, 0.2) is 0 Å². The third-order valence-electron chi connectivity index (χ3n) is 4.58. The zero-order chi connectivity index (χ0) is 13.4. The summed E-state index contributed by atoms with van der Waals surface area (Å²) in [6, 6.07) is 9.63. The van der Waals surface area contributed by atoms with E-state index in [9.17, 15) is 10.2 Å². The number of rotatable bonds is 2. The van der Waals surface area contributed by atoms with Crippen molar-refractivity contribution >= 4 is 0 Å². The Bertz CT molecular complexity index is 401. The van der Waals surface area contributed by atoms with Gasteiger partial charge < -0.3 is 10.2 Å². The lowest BCUT2D eigenvalue weighted by Crippen LogP contribution is -2.58. The van der Waals surface area contributed by atoms with E-state index in [2.05, 4.69) is 6.92 Å². The second-order valence-electron chi connectivity index (χ2n) is 6.15. The average Bonchev–Trinajstić information content (AvgIpc) is 2.35. The van der Waals surface area contributed by atoms with Crippen molar-refractivity contribution in [2.75, 3.05) is 0 Å². The van der Waals surface area contributed by atoms with Crippen LogP contribution in [0.1, 0.15) is 45.6 Å². The highest BCUT2D eigenvalue weighted by molar-refractivity contribution is 5.28. The maximum absolute atomic E-state index is 11.2. The number of aliphatic hydroxyl groups is 2. The Morgan fingerprint density at radius 1 is 1.17 bits per heavy atom. The molecule has 0 aromatic heterocycles. The summed E-state index contributed by atoms with van der Waals surface area (Å²) >= 11 is 0. The first-order valence-electron chi connectivity index (χ1n) is 6.90. The van der Waals surface area contributed by atoms with Crippen LogP contribution in [0.15, 0.2) is 30.3 Å². The second-order valence-corrected chi connectivity index (χ2v) is 6.15. The van der Waals surface area contributed by atoms with Crippen LogP contribution in [0.4, 0.5) is 0 Å². The molecule has 0 amide bonds. The van der Waals surface area contributed by atoms with Gasteiger partial charge in [0.2, 0.25) is 0 Å². The predicted molar refractivity (Wildman–Crippen MR) is 73.1 cm³/mol. The van der Waals surface area contributed by atoms with Crippen molar-refractivity contribution in [3.05, 3.63) is 35.9 Å². The van der Waals surface area contributed by atoms with Crippen LogP contribution >= 0.6 is 0 Å². The minimum absolute atomic E-state index is 0.0372. The van der Waals surface area contributed by atoms with Crippen molar-refractivity contribution < 1.29 is 10.2 Å². The van der Waals surface area contributed by atoms with Crippen LogP contribution < -0.4 is 0 Å². The van der Waals surface area contributed by atoms with Crippen molar-refractivity contribution in [2.24, 2.45) is 11.8 Å². The van der Waals surface area contributed by atoms with Crippen LogP contribution in [-0.4, -0.2) is 15.8 Å².